The predicted molar refractivity (Wildman–Crippen MR) is 109 cm³/mol. The van der Waals surface area contributed by atoms with Crippen molar-refractivity contribution < 1.29 is 22.7 Å². The van der Waals surface area contributed by atoms with Crippen LogP contribution in [0.1, 0.15) is 28.9 Å². The van der Waals surface area contributed by atoms with Gasteiger partial charge in [0, 0.05) is 28.1 Å². The van der Waals surface area contributed by atoms with E-state index in [9.17, 15) is 13.2 Å². The van der Waals surface area contributed by atoms with Crippen LogP contribution in [0.4, 0.5) is 0 Å². The summed E-state index contributed by atoms with van der Waals surface area (Å²) >= 11 is 9.42. The molecule has 0 N–H and O–H groups in total. The third kappa shape index (κ3) is 4.58. The zero-order valence-corrected chi connectivity index (χ0v) is 18.3. The number of carbonyl (C=O) groups is 1. The van der Waals surface area contributed by atoms with E-state index in [1.807, 2.05) is 0 Å². The van der Waals surface area contributed by atoms with Crippen molar-refractivity contribution in [2.75, 3.05) is 26.3 Å². The molecule has 1 heterocycles. The lowest BCUT2D eigenvalue weighted by Gasteiger charge is -2.26. The summed E-state index contributed by atoms with van der Waals surface area (Å²) in [5.74, 6) is -0.627. The molecular weight excluding hydrogens is 470 g/mol. The van der Waals surface area contributed by atoms with Crippen molar-refractivity contribution in [2.45, 2.75) is 17.9 Å². The molecule has 0 amide bonds. The highest BCUT2D eigenvalue weighted by atomic mass is 79.9. The number of morpholine rings is 1. The fourth-order valence-electron chi connectivity index (χ4n) is 2.85. The second kappa shape index (κ2) is 8.92. The van der Waals surface area contributed by atoms with Crippen molar-refractivity contribution in [1.29, 1.82) is 0 Å². The smallest absolute Gasteiger partial charge is 0.338 e. The highest BCUT2D eigenvalue weighted by Gasteiger charge is 2.29. The minimum atomic E-state index is -3.76. The van der Waals surface area contributed by atoms with Gasteiger partial charge in [0.15, 0.2) is 0 Å². The van der Waals surface area contributed by atoms with Gasteiger partial charge in [-0.2, -0.15) is 4.31 Å². The second-order valence-corrected chi connectivity index (χ2v) is 9.40. The second-order valence-electron chi connectivity index (χ2n) is 6.23. The molecule has 1 fully saturated rings. The summed E-state index contributed by atoms with van der Waals surface area (Å²) in [7, 11) is -3.76. The van der Waals surface area contributed by atoms with Crippen LogP contribution in [0.25, 0.3) is 0 Å². The van der Waals surface area contributed by atoms with Crippen LogP contribution < -0.4 is 0 Å². The highest BCUT2D eigenvalue weighted by Crippen LogP contribution is 2.29. The fourth-order valence-corrected chi connectivity index (χ4v) is 5.50. The van der Waals surface area contributed by atoms with Crippen molar-refractivity contribution in [3.05, 3.63) is 63.1 Å². The van der Waals surface area contributed by atoms with E-state index in [4.69, 9.17) is 21.1 Å². The normalized spacial score (nSPS) is 16.5. The van der Waals surface area contributed by atoms with E-state index in [-0.39, 0.29) is 23.5 Å². The molecule has 0 bridgehead atoms. The van der Waals surface area contributed by atoms with Gasteiger partial charge in [-0.15, -0.1) is 0 Å². The molecule has 6 nitrogen and oxygen atoms in total. The number of halogens is 2. The average Bonchev–Trinajstić information content (AvgIpc) is 2.69. The average molecular weight is 489 g/mol. The first-order valence-electron chi connectivity index (χ1n) is 8.63. The Hall–Kier alpha value is -1.45. The summed E-state index contributed by atoms with van der Waals surface area (Å²) in [4.78, 5) is 12.6. The van der Waals surface area contributed by atoms with Crippen LogP contribution >= 0.6 is 27.5 Å². The van der Waals surface area contributed by atoms with Crippen molar-refractivity contribution in [3.63, 3.8) is 0 Å². The Kier molecular flexibility index (Phi) is 6.77. The Labute approximate surface area is 177 Å². The van der Waals surface area contributed by atoms with Gasteiger partial charge in [-0.05, 0) is 47.1 Å². The number of nitrogens with zero attached hydrogens (tertiary/aromatic N) is 1. The molecule has 3 rings (SSSR count). The largest absolute Gasteiger partial charge is 0.454 e. The molecule has 0 spiro atoms. The van der Waals surface area contributed by atoms with Gasteiger partial charge in [-0.1, -0.05) is 29.8 Å². The molecule has 1 saturated heterocycles. The van der Waals surface area contributed by atoms with Crippen LogP contribution in [0.2, 0.25) is 5.02 Å². The third-order valence-corrected chi connectivity index (χ3v) is 7.62. The first kappa shape index (κ1) is 21.3. The van der Waals surface area contributed by atoms with Crippen molar-refractivity contribution in [3.8, 4) is 0 Å². The molecule has 1 unspecified atom stereocenters. The molecule has 0 aromatic heterocycles. The predicted octanol–water partition coefficient (Wildman–Crippen LogP) is 4.04. The molecule has 9 heteroatoms. The number of esters is 1. The topological polar surface area (TPSA) is 72.9 Å². The van der Waals surface area contributed by atoms with E-state index < -0.39 is 22.1 Å². The highest BCUT2D eigenvalue weighted by molar-refractivity contribution is 9.10. The monoisotopic (exact) mass is 487 g/mol. The maximum atomic E-state index is 12.9. The van der Waals surface area contributed by atoms with Gasteiger partial charge in [0.2, 0.25) is 10.0 Å². The fraction of sp³-hybridized carbons (Fsp3) is 0.316. The van der Waals surface area contributed by atoms with Crippen molar-refractivity contribution in [2.24, 2.45) is 0 Å². The van der Waals surface area contributed by atoms with Crippen LogP contribution in [-0.2, 0) is 19.5 Å². The van der Waals surface area contributed by atoms with Crippen LogP contribution in [0.3, 0.4) is 0 Å². The zero-order chi connectivity index (χ0) is 20.3. The van der Waals surface area contributed by atoms with Crippen LogP contribution in [0.15, 0.2) is 51.8 Å². The summed E-state index contributed by atoms with van der Waals surface area (Å²) in [6.45, 7) is 2.94. The molecule has 1 aliphatic heterocycles. The van der Waals surface area contributed by atoms with Crippen LogP contribution in [-0.4, -0.2) is 45.0 Å². The lowest BCUT2D eigenvalue weighted by Crippen LogP contribution is -2.40. The molecule has 1 atom stereocenters. The van der Waals surface area contributed by atoms with Gasteiger partial charge in [0.1, 0.15) is 6.10 Å². The Morgan fingerprint density at radius 2 is 1.89 bits per heavy atom. The molecule has 1 aliphatic rings. The lowest BCUT2D eigenvalue weighted by atomic mass is 10.1. The minimum Gasteiger partial charge on any atom is -0.454 e. The Balaban J connectivity index is 1.84. The first-order valence-corrected chi connectivity index (χ1v) is 11.2. The zero-order valence-electron chi connectivity index (χ0n) is 15.1. The molecule has 28 heavy (non-hydrogen) atoms. The Bertz CT molecular complexity index is 976. The summed E-state index contributed by atoms with van der Waals surface area (Å²) < 4.78 is 38.3. The third-order valence-electron chi connectivity index (χ3n) is 4.38. The van der Waals surface area contributed by atoms with Crippen LogP contribution in [0, 0.1) is 0 Å². The lowest BCUT2D eigenvalue weighted by molar-refractivity contribution is 0.0337. The van der Waals surface area contributed by atoms with Gasteiger partial charge < -0.3 is 9.47 Å². The van der Waals surface area contributed by atoms with Gasteiger partial charge in [-0.25, -0.2) is 13.2 Å². The molecule has 2 aromatic carbocycles. The molecule has 0 aliphatic carbocycles. The summed E-state index contributed by atoms with van der Waals surface area (Å²) in [5, 5.41) is 0.495. The standard InChI is InChI=1S/C19H19BrClNO5S/c1-13(15-4-2-3-5-17(15)21)27-19(23)14-6-7-16(20)18(12-14)28(24,25)22-8-10-26-11-9-22/h2-7,12-13H,8-11H2,1H3. The number of ether oxygens (including phenoxy) is 2. The van der Waals surface area contributed by atoms with Gasteiger partial charge >= 0.3 is 5.97 Å². The number of hydrogen-bond donors (Lipinski definition) is 0. The molecule has 0 radical (unpaired) electrons. The summed E-state index contributed by atoms with van der Waals surface area (Å²) in [6.07, 6.45) is -0.579. The minimum absolute atomic E-state index is 0.0225. The van der Waals surface area contributed by atoms with Gasteiger partial charge in [-0.3, -0.25) is 0 Å². The molecule has 2 aromatic rings. The number of hydrogen-bond acceptors (Lipinski definition) is 5. The van der Waals surface area contributed by atoms with E-state index in [1.165, 1.54) is 22.5 Å². The quantitative estimate of drug-likeness (QED) is 0.594. The summed E-state index contributed by atoms with van der Waals surface area (Å²) in [6, 6.07) is 11.5. The Morgan fingerprint density at radius 3 is 2.57 bits per heavy atom. The SMILES string of the molecule is CC(OC(=O)c1ccc(Br)c(S(=O)(=O)N2CCOCC2)c1)c1ccccc1Cl. The maximum absolute atomic E-state index is 12.9. The van der Waals surface area contributed by atoms with E-state index in [1.54, 1.807) is 31.2 Å². The van der Waals surface area contributed by atoms with E-state index in [2.05, 4.69) is 15.9 Å². The van der Waals surface area contributed by atoms with E-state index >= 15 is 0 Å². The Morgan fingerprint density at radius 1 is 1.21 bits per heavy atom. The van der Waals surface area contributed by atoms with Crippen molar-refractivity contribution in [1.82, 2.24) is 4.31 Å². The molecule has 0 saturated carbocycles. The summed E-state index contributed by atoms with van der Waals surface area (Å²) in [5.41, 5.74) is 0.824. The van der Waals surface area contributed by atoms with Crippen molar-refractivity contribution >= 4 is 43.5 Å². The van der Waals surface area contributed by atoms with Gasteiger partial charge in [0.05, 0.1) is 23.7 Å². The van der Waals surface area contributed by atoms with E-state index in [0.717, 1.165) is 0 Å². The number of sulfonamides is 1. The van der Waals surface area contributed by atoms with Crippen LogP contribution in [0.5, 0.6) is 0 Å². The van der Waals surface area contributed by atoms with Gasteiger partial charge in [0.25, 0.3) is 0 Å². The number of rotatable bonds is 5. The first-order chi connectivity index (χ1) is 13.3. The maximum Gasteiger partial charge on any atom is 0.338 e. The molecular formula is C19H19BrClNO5S. The number of carbonyl (C=O) groups excluding carboxylic acids is 1. The number of benzene rings is 2. The van der Waals surface area contributed by atoms with E-state index in [0.29, 0.717) is 28.3 Å². The molecule has 150 valence electrons.